The second-order valence-electron chi connectivity index (χ2n) is 6.83. The Balaban J connectivity index is 1.56. The average Bonchev–Trinajstić information content (AvgIpc) is 3.14. The summed E-state index contributed by atoms with van der Waals surface area (Å²) in [6.45, 7) is 3.70. The van der Waals surface area contributed by atoms with Gasteiger partial charge < -0.3 is 15.0 Å². The first-order valence-corrected chi connectivity index (χ1v) is 8.56. The Morgan fingerprint density at radius 3 is 2.74 bits per heavy atom. The van der Waals surface area contributed by atoms with Crippen LogP contribution in [0, 0.1) is 0 Å². The number of nitrogens with one attached hydrogen (secondary N) is 1. The highest BCUT2D eigenvalue weighted by Crippen LogP contribution is 2.27. The van der Waals surface area contributed by atoms with E-state index in [2.05, 4.69) is 45.1 Å². The number of aliphatic hydroxyl groups is 1. The minimum atomic E-state index is -0.376. The van der Waals surface area contributed by atoms with Crippen molar-refractivity contribution in [2.24, 2.45) is 7.05 Å². The first-order chi connectivity index (χ1) is 11.1. The molecule has 0 radical (unpaired) electrons. The standard InChI is InChI=1S/C17H28N4O2/c1-18-17(23)16-10-15(22)12-21(16)13-5-8-20(9-6-13)11-14-4-3-7-19(14)2/h3-4,7,13,15-16,22H,5-6,8-12H2,1-2H3,(H,18,23)/t15-,16+/m1/s1. The molecule has 1 aromatic heterocycles. The Hall–Kier alpha value is -1.37. The number of likely N-dealkylation sites (N-methyl/N-ethyl adjacent to an activating group) is 1. The average molecular weight is 320 g/mol. The fraction of sp³-hybridized carbons (Fsp3) is 0.706. The minimum Gasteiger partial charge on any atom is -0.392 e. The highest BCUT2D eigenvalue weighted by Gasteiger charge is 2.40. The van der Waals surface area contributed by atoms with Gasteiger partial charge in [0.25, 0.3) is 0 Å². The summed E-state index contributed by atoms with van der Waals surface area (Å²) in [4.78, 5) is 16.8. The van der Waals surface area contributed by atoms with E-state index in [0.717, 1.165) is 32.5 Å². The first kappa shape index (κ1) is 16.5. The van der Waals surface area contributed by atoms with Gasteiger partial charge in [-0.05, 0) is 31.4 Å². The van der Waals surface area contributed by atoms with Crippen molar-refractivity contribution in [1.29, 1.82) is 0 Å². The molecule has 0 aromatic carbocycles. The predicted octanol–water partition coefficient (Wildman–Crippen LogP) is 0.171. The highest BCUT2D eigenvalue weighted by molar-refractivity contribution is 5.81. The molecular formula is C17H28N4O2. The van der Waals surface area contributed by atoms with Crippen molar-refractivity contribution in [3.8, 4) is 0 Å². The molecule has 2 fully saturated rings. The number of aromatic nitrogens is 1. The lowest BCUT2D eigenvalue weighted by Gasteiger charge is -2.38. The van der Waals surface area contributed by atoms with Crippen molar-refractivity contribution >= 4 is 5.91 Å². The summed E-state index contributed by atoms with van der Waals surface area (Å²) in [6, 6.07) is 4.49. The van der Waals surface area contributed by atoms with E-state index in [4.69, 9.17) is 0 Å². The van der Waals surface area contributed by atoms with E-state index in [1.54, 1.807) is 7.05 Å². The lowest BCUT2D eigenvalue weighted by molar-refractivity contribution is -0.126. The molecule has 0 unspecified atom stereocenters. The van der Waals surface area contributed by atoms with Crippen LogP contribution in [0.5, 0.6) is 0 Å². The Labute approximate surface area is 138 Å². The van der Waals surface area contributed by atoms with E-state index in [1.807, 2.05) is 0 Å². The monoisotopic (exact) mass is 320 g/mol. The van der Waals surface area contributed by atoms with Crippen LogP contribution >= 0.6 is 0 Å². The van der Waals surface area contributed by atoms with E-state index in [-0.39, 0.29) is 18.1 Å². The van der Waals surface area contributed by atoms with Crippen LogP contribution in [-0.4, -0.2) is 70.3 Å². The van der Waals surface area contributed by atoms with Gasteiger partial charge in [0.05, 0.1) is 12.1 Å². The summed E-state index contributed by atoms with van der Waals surface area (Å²) in [5.41, 5.74) is 1.34. The molecule has 2 atom stereocenters. The Morgan fingerprint density at radius 1 is 1.39 bits per heavy atom. The van der Waals surface area contributed by atoms with Gasteiger partial charge in [0.1, 0.15) is 0 Å². The Bertz CT molecular complexity index is 536. The molecule has 0 saturated carbocycles. The third kappa shape index (κ3) is 3.59. The molecule has 128 valence electrons. The zero-order valence-corrected chi connectivity index (χ0v) is 14.1. The molecule has 3 rings (SSSR count). The number of amides is 1. The van der Waals surface area contributed by atoms with Crippen LogP contribution in [0.25, 0.3) is 0 Å². The number of rotatable bonds is 4. The SMILES string of the molecule is CNC(=O)[C@@H]1C[C@@H](O)CN1C1CCN(Cc2cccn2C)CC1. The smallest absolute Gasteiger partial charge is 0.237 e. The molecule has 3 heterocycles. The molecule has 1 aromatic rings. The van der Waals surface area contributed by atoms with Crippen molar-refractivity contribution in [3.63, 3.8) is 0 Å². The first-order valence-electron chi connectivity index (χ1n) is 8.56. The van der Waals surface area contributed by atoms with Gasteiger partial charge in [-0.2, -0.15) is 0 Å². The quantitative estimate of drug-likeness (QED) is 0.830. The van der Waals surface area contributed by atoms with Gasteiger partial charge in [-0.25, -0.2) is 0 Å². The zero-order chi connectivity index (χ0) is 16.4. The number of β-amino-alcohol motifs (C(OH)–C–C–N with tert-alkyl or cyclic N) is 1. The van der Waals surface area contributed by atoms with Crippen LogP contribution in [0.15, 0.2) is 18.3 Å². The zero-order valence-electron chi connectivity index (χ0n) is 14.1. The van der Waals surface area contributed by atoms with Crippen molar-refractivity contribution in [3.05, 3.63) is 24.0 Å². The summed E-state index contributed by atoms with van der Waals surface area (Å²) in [7, 11) is 3.76. The topological polar surface area (TPSA) is 60.7 Å². The van der Waals surface area contributed by atoms with Gasteiger partial charge >= 0.3 is 0 Å². The molecule has 6 heteroatoms. The maximum Gasteiger partial charge on any atom is 0.237 e. The maximum absolute atomic E-state index is 12.0. The van der Waals surface area contributed by atoms with Gasteiger partial charge in [0, 0.05) is 58.2 Å². The van der Waals surface area contributed by atoms with Crippen LogP contribution in [0.4, 0.5) is 0 Å². The second kappa shape index (κ2) is 7.03. The molecule has 0 aliphatic carbocycles. The predicted molar refractivity (Wildman–Crippen MR) is 88.9 cm³/mol. The van der Waals surface area contributed by atoms with E-state index >= 15 is 0 Å². The normalized spacial score (nSPS) is 27.4. The van der Waals surface area contributed by atoms with E-state index in [0.29, 0.717) is 19.0 Å². The number of carbonyl (C=O) groups is 1. The Morgan fingerprint density at radius 2 is 2.13 bits per heavy atom. The molecule has 2 aliphatic rings. The second-order valence-corrected chi connectivity index (χ2v) is 6.83. The van der Waals surface area contributed by atoms with E-state index < -0.39 is 0 Å². The molecule has 1 amide bonds. The third-order valence-corrected chi connectivity index (χ3v) is 5.33. The summed E-state index contributed by atoms with van der Waals surface area (Å²) in [5, 5.41) is 12.7. The van der Waals surface area contributed by atoms with E-state index in [1.165, 1.54) is 5.69 Å². The number of hydrogen-bond acceptors (Lipinski definition) is 4. The van der Waals surface area contributed by atoms with Gasteiger partial charge in [-0.3, -0.25) is 14.6 Å². The molecular weight excluding hydrogens is 292 g/mol. The number of carbonyl (C=O) groups excluding carboxylic acids is 1. The molecule has 2 saturated heterocycles. The van der Waals surface area contributed by atoms with Crippen LogP contribution in [-0.2, 0) is 18.4 Å². The number of nitrogens with zero attached hydrogens (tertiary/aromatic N) is 3. The van der Waals surface area contributed by atoms with Gasteiger partial charge in [-0.1, -0.05) is 0 Å². The molecule has 2 aliphatic heterocycles. The molecule has 6 nitrogen and oxygen atoms in total. The fourth-order valence-electron chi connectivity index (χ4n) is 3.96. The summed E-state index contributed by atoms with van der Waals surface area (Å²) >= 11 is 0. The van der Waals surface area contributed by atoms with Crippen molar-refractivity contribution in [2.75, 3.05) is 26.7 Å². The third-order valence-electron chi connectivity index (χ3n) is 5.33. The summed E-state index contributed by atoms with van der Waals surface area (Å²) in [5.74, 6) is 0.0350. The van der Waals surface area contributed by atoms with Crippen LogP contribution < -0.4 is 5.32 Å². The molecule has 2 N–H and O–H groups in total. The molecule has 0 bridgehead atoms. The van der Waals surface area contributed by atoms with Gasteiger partial charge in [0.2, 0.25) is 5.91 Å². The fourth-order valence-corrected chi connectivity index (χ4v) is 3.96. The number of hydrogen-bond donors (Lipinski definition) is 2. The maximum atomic E-state index is 12.0. The number of aryl methyl sites for hydroxylation is 1. The van der Waals surface area contributed by atoms with Crippen molar-refractivity contribution in [2.45, 2.75) is 44.0 Å². The van der Waals surface area contributed by atoms with Crippen LogP contribution in [0.1, 0.15) is 25.0 Å². The Kier molecular flexibility index (Phi) is 5.04. The van der Waals surface area contributed by atoms with Crippen molar-refractivity contribution < 1.29 is 9.90 Å². The molecule has 23 heavy (non-hydrogen) atoms. The van der Waals surface area contributed by atoms with Crippen molar-refractivity contribution in [1.82, 2.24) is 19.7 Å². The van der Waals surface area contributed by atoms with Gasteiger partial charge in [0.15, 0.2) is 0 Å². The summed E-state index contributed by atoms with van der Waals surface area (Å²) < 4.78 is 2.17. The van der Waals surface area contributed by atoms with Gasteiger partial charge in [-0.15, -0.1) is 0 Å². The lowest BCUT2D eigenvalue weighted by Crippen LogP contribution is -2.50. The minimum absolute atomic E-state index is 0.0350. The van der Waals surface area contributed by atoms with Crippen LogP contribution in [0.2, 0.25) is 0 Å². The van der Waals surface area contributed by atoms with Crippen LogP contribution in [0.3, 0.4) is 0 Å². The lowest BCUT2D eigenvalue weighted by atomic mass is 10.0. The number of aliphatic hydroxyl groups excluding tert-OH is 1. The molecule has 0 spiro atoms. The highest BCUT2D eigenvalue weighted by atomic mass is 16.3. The van der Waals surface area contributed by atoms with E-state index in [9.17, 15) is 9.90 Å². The summed E-state index contributed by atoms with van der Waals surface area (Å²) in [6.07, 6.45) is 4.39. The number of likely N-dealkylation sites (tertiary alicyclic amines) is 2. The number of piperidine rings is 1. The largest absolute Gasteiger partial charge is 0.392 e.